The third-order valence-corrected chi connectivity index (χ3v) is 4.44. The first-order valence-electron chi connectivity index (χ1n) is 7.08. The van der Waals surface area contributed by atoms with Crippen LogP contribution in [0.1, 0.15) is 28.5 Å². The number of carbonyl (C=O) groups excluding carboxylic acids is 1. The minimum atomic E-state index is -1.07. The van der Waals surface area contributed by atoms with Gasteiger partial charge in [-0.25, -0.2) is 0 Å². The van der Waals surface area contributed by atoms with Crippen LogP contribution in [0.15, 0.2) is 41.1 Å². The van der Waals surface area contributed by atoms with Gasteiger partial charge in [0.05, 0.1) is 6.54 Å². The largest absolute Gasteiger partial charge is 0.384 e. The van der Waals surface area contributed by atoms with Crippen LogP contribution in [0, 0.1) is 6.92 Å². The molecule has 0 spiro atoms. The molecule has 2 heterocycles. The number of hydrogen-bond donors (Lipinski definition) is 3. The van der Waals surface area contributed by atoms with E-state index >= 15 is 0 Å². The van der Waals surface area contributed by atoms with Gasteiger partial charge in [-0.1, -0.05) is 12.1 Å². The number of thiophene rings is 1. The standard InChI is InChI=1S/C17H18N2O2S/c1-11-3-4-12-8-15(19-14(12)7-11)16(20)18-10-17(2,21)13-5-6-22-9-13/h3-9,19,21H,10H2,1-2H3,(H,18,20). The first-order chi connectivity index (χ1) is 10.5. The molecule has 0 aliphatic carbocycles. The van der Waals surface area contributed by atoms with E-state index < -0.39 is 5.60 Å². The van der Waals surface area contributed by atoms with Gasteiger partial charge in [-0.15, -0.1) is 0 Å². The van der Waals surface area contributed by atoms with Gasteiger partial charge in [0.25, 0.3) is 5.91 Å². The summed E-state index contributed by atoms with van der Waals surface area (Å²) in [5, 5.41) is 18.0. The molecule has 4 nitrogen and oxygen atoms in total. The Bertz CT molecular complexity index is 803. The van der Waals surface area contributed by atoms with Gasteiger partial charge in [0.15, 0.2) is 0 Å². The van der Waals surface area contributed by atoms with E-state index in [1.165, 1.54) is 11.3 Å². The number of benzene rings is 1. The lowest BCUT2D eigenvalue weighted by molar-refractivity contribution is 0.0529. The Hall–Kier alpha value is -2.11. The van der Waals surface area contributed by atoms with Crippen molar-refractivity contribution in [2.24, 2.45) is 0 Å². The molecule has 114 valence electrons. The smallest absolute Gasteiger partial charge is 0.267 e. The highest BCUT2D eigenvalue weighted by Gasteiger charge is 2.24. The molecule has 0 radical (unpaired) electrons. The average Bonchev–Trinajstić information content (AvgIpc) is 3.13. The number of aryl methyl sites for hydroxylation is 1. The molecule has 1 unspecified atom stereocenters. The van der Waals surface area contributed by atoms with E-state index in [1.54, 1.807) is 6.92 Å². The van der Waals surface area contributed by atoms with Gasteiger partial charge >= 0.3 is 0 Å². The Morgan fingerprint density at radius 1 is 1.36 bits per heavy atom. The number of rotatable bonds is 4. The zero-order valence-corrected chi connectivity index (χ0v) is 13.3. The summed E-state index contributed by atoms with van der Waals surface area (Å²) in [5.41, 5.74) is 2.32. The zero-order chi connectivity index (χ0) is 15.7. The van der Waals surface area contributed by atoms with E-state index in [9.17, 15) is 9.90 Å². The highest BCUT2D eigenvalue weighted by atomic mass is 32.1. The summed E-state index contributed by atoms with van der Waals surface area (Å²) in [4.78, 5) is 15.4. The van der Waals surface area contributed by atoms with Gasteiger partial charge in [0.2, 0.25) is 0 Å². The van der Waals surface area contributed by atoms with Crippen molar-refractivity contribution in [1.82, 2.24) is 10.3 Å². The molecular formula is C17H18N2O2S. The van der Waals surface area contributed by atoms with Crippen LogP contribution in [0.2, 0.25) is 0 Å². The molecule has 0 aliphatic heterocycles. The number of hydrogen-bond acceptors (Lipinski definition) is 3. The summed E-state index contributed by atoms with van der Waals surface area (Å²) in [7, 11) is 0. The molecule has 0 saturated heterocycles. The third-order valence-electron chi connectivity index (χ3n) is 3.76. The van der Waals surface area contributed by atoms with E-state index in [0.29, 0.717) is 5.69 Å². The van der Waals surface area contributed by atoms with Crippen molar-refractivity contribution in [2.75, 3.05) is 6.54 Å². The van der Waals surface area contributed by atoms with Crippen molar-refractivity contribution in [1.29, 1.82) is 0 Å². The molecular weight excluding hydrogens is 296 g/mol. The third kappa shape index (κ3) is 2.91. The molecule has 5 heteroatoms. The number of carbonyl (C=O) groups is 1. The maximum Gasteiger partial charge on any atom is 0.267 e. The summed E-state index contributed by atoms with van der Waals surface area (Å²) >= 11 is 1.52. The van der Waals surface area contributed by atoms with Crippen LogP contribution in [0.3, 0.4) is 0 Å². The normalized spacial score (nSPS) is 14.0. The number of aliphatic hydroxyl groups is 1. The van der Waals surface area contributed by atoms with Crippen LogP contribution < -0.4 is 5.32 Å². The highest BCUT2D eigenvalue weighted by molar-refractivity contribution is 7.08. The van der Waals surface area contributed by atoms with E-state index in [1.807, 2.05) is 48.0 Å². The summed E-state index contributed by atoms with van der Waals surface area (Å²) in [5.74, 6) is -0.218. The number of nitrogens with one attached hydrogen (secondary N) is 2. The van der Waals surface area contributed by atoms with Crippen LogP contribution in [-0.4, -0.2) is 22.5 Å². The van der Waals surface area contributed by atoms with Crippen LogP contribution >= 0.6 is 11.3 Å². The first-order valence-corrected chi connectivity index (χ1v) is 8.03. The predicted molar refractivity (Wildman–Crippen MR) is 89.3 cm³/mol. The van der Waals surface area contributed by atoms with Crippen molar-refractivity contribution in [3.05, 3.63) is 57.9 Å². The SMILES string of the molecule is Cc1ccc2cc(C(=O)NCC(C)(O)c3ccsc3)[nH]c2c1. The number of fused-ring (bicyclic) bond motifs is 1. The first kappa shape index (κ1) is 14.8. The number of amides is 1. The van der Waals surface area contributed by atoms with Crippen molar-refractivity contribution < 1.29 is 9.90 Å². The van der Waals surface area contributed by atoms with Gasteiger partial charge in [-0.05, 0) is 53.9 Å². The molecule has 0 saturated carbocycles. The molecule has 1 atom stereocenters. The maximum atomic E-state index is 12.3. The molecule has 3 rings (SSSR count). The quantitative estimate of drug-likeness (QED) is 0.692. The van der Waals surface area contributed by atoms with Crippen molar-refractivity contribution >= 4 is 28.1 Å². The maximum absolute atomic E-state index is 12.3. The Balaban J connectivity index is 1.73. The lowest BCUT2D eigenvalue weighted by Gasteiger charge is -2.22. The molecule has 2 aromatic heterocycles. The highest BCUT2D eigenvalue weighted by Crippen LogP contribution is 2.22. The number of H-pyrrole nitrogens is 1. The minimum absolute atomic E-state index is 0.164. The van der Waals surface area contributed by atoms with Gasteiger partial charge in [-0.3, -0.25) is 4.79 Å². The fourth-order valence-corrected chi connectivity index (χ4v) is 3.17. The summed E-state index contributed by atoms with van der Waals surface area (Å²) in [6, 6.07) is 9.69. The van der Waals surface area contributed by atoms with E-state index in [2.05, 4.69) is 10.3 Å². The molecule has 0 aliphatic rings. The second kappa shape index (κ2) is 5.59. The molecule has 22 heavy (non-hydrogen) atoms. The lowest BCUT2D eigenvalue weighted by Crippen LogP contribution is -2.38. The Labute approximate surface area is 132 Å². The Kier molecular flexibility index (Phi) is 3.76. The summed E-state index contributed by atoms with van der Waals surface area (Å²) in [6.07, 6.45) is 0. The number of aromatic amines is 1. The van der Waals surface area contributed by atoms with Crippen molar-refractivity contribution in [3.8, 4) is 0 Å². The number of aromatic nitrogens is 1. The Morgan fingerprint density at radius 3 is 2.91 bits per heavy atom. The molecule has 3 N–H and O–H groups in total. The molecule has 0 bridgehead atoms. The molecule has 1 aromatic carbocycles. The van der Waals surface area contributed by atoms with E-state index in [-0.39, 0.29) is 12.5 Å². The topological polar surface area (TPSA) is 65.1 Å². The fraction of sp³-hybridized carbons (Fsp3) is 0.235. The summed E-state index contributed by atoms with van der Waals surface area (Å²) < 4.78 is 0. The van der Waals surface area contributed by atoms with Crippen molar-refractivity contribution in [3.63, 3.8) is 0 Å². The summed E-state index contributed by atoms with van der Waals surface area (Å²) in [6.45, 7) is 3.87. The minimum Gasteiger partial charge on any atom is -0.384 e. The van der Waals surface area contributed by atoms with Crippen molar-refractivity contribution in [2.45, 2.75) is 19.4 Å². The second-order valence-corrected chi connectivity index (χ2v) is 6.52. The van der Waals surface area contributed by atoms with Gasteiger partial charge in [0, 0.05) is 10.9 Å². The molecule has 0 fully saturated rings. The van der Waals surface area contributed by atoms with Crippen LogP contribution in [0.4, 0.5) is 0 Å². The Morgan fingerprint density at radius 2 is 2.18 bits per heavy atom. The molecule has 3 aromatic rings. The van der Waals surface area contributed by atoms with Crippen LogP contribution in [0.5, 0.6) is 0 Å². The second-order valence-electron chi connectivity index (χ2n) is 5.74. The lowest BCUT2D eigenvalue weighted by atomic mass is 9.99. The predicted octanol–water partition coefficient (Wildman–Crippen LogP) is 3.18. The van der Waals surface area contributed by atoms with Gasteiger partial charge < -0.3 is 15.4 Å². The monoisotopic (exact) mass is 314 g/mol. The average molecular weight is 314 g/mol. The van der Waals surface area contributed by atoms with Crippen LogP contribution in [0.25, 0.3) is 10.9 Å². The van der Waals surface area contributed by atoms with Crippen LogP contribution in [-0.2, 0) is 5.60 Å². The van der Waals surface area contributed by atoms with Gasteiger partial charge in [0.1, 0.15) is 11.3 Å². The van der Waals surface area contributed by atoms with E-state index in [0.717, 1.165) is 22.0 Å². The zero-order valence-electron chi connectivity index (χ0n) is 12.5. The fourth-order valence-electron chi connectivity index (χ4n) is 2.38. The van der Waals surface area contributed by atoms with E-state index in [4.69, 9.17) is 0 Å². The van der Waals surface area contributed by atoms with Gasteiger partial charge in [-0.2, -0.15) is 11.3 Å². The molecule has 1 amide bonds.